The van der Waals surface area contributed by atoms with Crippen LogP contribution in [0.3, 0.4) is 0 Å². The number of carbonyl (C=O) groups is 2. The number of aromatic carboxylic acids is 1. The zero-order valence-electron chi connectivity index (χ0n) is 30.8. The molecule has 13 nitrogen and oxygen atoms in total. The van der Waals surface area contributed by atoms with Crippen LogP contribution in [0.5, 0.6) is 0 Å². The Labute approximate surface area is 312 Å². The summed E-state index contributed by atoms with van der Waals surface area (Å²) in [6, 6.07) is 7.09. The maximum Gasteiger partial charge on any atom is 0.356 e. The molecule has 0 atom stereocenters. The van der Waals surface area contributed by atoms with E-state index >= 15 is 0 Å². The van der Waals surface area contributed by atoms with Gasteiger partial charge in [0.2, 0.25) is 5.91 Å². The Bertz CT molecular complexity index is 2080. The molecule has 1 spiro atoms. The highest BCUT2D eigenvalue weighted by atomic mass is 19.3. The number of aryl methyl sites for hydroxylation is 2. The number of carbonyl (C=O) groups excluding carboxylic acids is 1. The Balaban J connectivity index is 0.899. The summed E-state index contributed by atoms with van der Waals surface area (Å²) in [7, 11) is 1.79. The third-order valence-corrected chi connectivity index (χ3v) is 12.5. The first kappa shape index (κ1) is 34.8. The van der Waals surface area contributed by atoms with Gasteiger partial charge in [-0.2, -0.15) is 10.2 Å². The van der Waals surface area contributed by atoms with Gasteiger partial charge in [-0.25, -0.2) is 13.6 Å². The lowest BCUT2D eigenvalue weighted by Crippen LogP contribution is -2.61. The number of anilines is 3. The molecular formula is C39H46F2N10O3. The number of rotatable bonds is 8. The molecule has 1 aliphatic carbocycles. The molecule has 3 fully saturated rings. The highest BCUT2D eigenvalue weighted by molar-refractivity contribution is 5.85. The predicted octanol–water partition coefficient (Wildman–Crippen LogP) is 5.25. The third-order valence-electron chi connectivity index (χ3n) is 12.5. The molecule has 5 aliphatic rings. The van der Waals surface area contributed by atoms with Gasteiger partial charge in [0.05, 0.1) is 18.8 Å². The minimum Gasteiger partial charge on any atom is -0.476 e. The first-order chi connectivity index (χ1) is 26.0. The molecule has 54 heavy (non-hydrogen) atoms. The van der Waals surface area contributed by atoms with Crippen LogP contribution in [0.4, 0.5) is 26.1 Å². The Morgan fingerprint density at radius 1 is 1.06 bits per heavy atom. The van der Waals surface area contributed by atoms with Crippen molar-refractivity contribution in [1.29, 1.82) is 0 Å². The molecule has 4 aromatic rings. The van der Waals surface area contributed by atoms with E-state index in [9.17, 15) is 18.4 Å². The summed E-state index contributed by atoms with van der Waals surface area (Å²) in [6.45, 7) is 8.49. The van der Waals surface area contributed by atoms with Gasteiger partial charge in [0.15, 0.2) is 17.3 Å². The molecule has 3 aromatic heterocycles. The van der Waals surface area contributed by atoms with E-state index in [-0.39, 0.29) is 23.2 Å². The summed E-state index contributed by atoms with van der Waals surface area (Å²) in [4.78, 5) is 32.4. The fourth-order valence-corrected chi connectivity index (χ4v) is 9.73. The van der Waals surface area contributed by atoms with Gasteiger partial charge in [0.25, 0.3) is 6.43 Å². The van der Waals surface area contributed by atoms with Crippen LogP contribution in [0, 0.1) is 11.3 Å². The van der Waals surface area contributed by atoms with E-state index in [0.717, 1.165) is 106 Å². The number of aromatic nitrogens is 6. The number of carboxylic acids is 1. The van der Waals surface area contributed by atoms with Crippen molar-refractivity contribution < 1.29 is 23.5 Å². The fourth-order valence-electron chi connectivity index (χ4n) is 9.73. The molecule has 0 bridgehead atoms. The van der Waals surface area contributed by atoms with Crippen molar-refractivity contribution in [1.82, 2.24) is 39.6 Å². The Morgan fingerprint density at radius 2 is 1.85 bits per heavy atom. The van der Waals surface area contributed by atoms with Gasteiger partial charge >= 0.3 is 5.97 Å². The number of benzene rings is 1. The third kappa shape index (κ3) is 6.19. The molecule has 0 radical (unpaired) electrons. The first-order valence-corrected chi connectivity index (χ1v) is 19.2. The smallest absolute Gasteiger partial charge is 0.356 e. The van der Waals surface area contributed by atoms with E-state index in [0.29, 0.717) is 42.1 Å². The van der Waals surface area contributed by atoms with Gasteiger partial charge < -0.3 is 24.7 Å². The first-order valence-electron chi connectivity index (χ1n) is 19.2. The fraction of sp³-hybridized carbons (Fsp3) is 0.538. The molecule has 1 aromatic carbocycles. The van der Waals surface area contributed by atoms with E-state index in [2.05, 4.69) is 34.7 Å². The van der Waals surface area contributed by atoms with Crippen LogP contribution >= 0.6 is 0 Å². The van der Waals surface area contributed by atoms with Gasteiger partial charge in [-0.1, -0.05) is 0 Å². The quantitative estimate of drug-likeness (QED) is 0.256. The van der Waals surface area contributed by atoms with Crippen LogP contribution in [-0.4, -0.2) is 102 Å². The van der Waals surface area contributed by atoms with Crippen LogP contribution in [-0.2, 0) is 31.2 Å². The maximum atomic E-state index is 14.7. The lowest BCUT2D eigenvalue weighted by molar-refractivity contribution is -0.129. The number of carboxylic acid groups (broad SMARTS) is 1. The molecule has 4 aliphatic heterocycles. The molecular weight excluding hydrogens is 694 g/mol. The van der Waals surface area contributed by atoms with Gasteiger partial charge in [0.1, 0.15) is 0 Å². The zero-order chi connectivity index (χ0) is 37.3. The van der Waals surface area contributed by atoms with Crippen molar-refractivity contribution >= 4 is 29.2 Å². The second-order valence-electron chi connectivity index (χ2n) is 16.2. The lowest BCUT2D eigenvalue weighted by Gasteiger charge is -2.55. The van der Waals surface area contributed by atoms with Crippen LogP contribution in [0.1, 0.15) is 84.4 Å². The number of alkyl halides is 2. The summed E-state index contributed by atoms with van der Waals surface area (Å²) < 4.78 is 33.2. The topological polar surface area (TPSA) is 129 Å². The normalized spacial score (nSPS) is 20.2. The van der Waals surface area contributed by atoms with Crippen molar-refractivity contribution in [2.45, 2.75) is 70.9 Å². The largest absolute Gasteiger partial charge is 0.476 e. The van der Waals surface area contributed by atoms with Crippen LogP contribution in [0.15, 0.2) is 36.7 Å². The molecule has 1 saturated carbocycles. The lowest BCUT2D eigenvalue weighted by atomic mass is 9.67. The SMILES string of the molecule is CC(=O)N1CCc2c(c(N3CCCc4cc(-c5cnn(C)c5)c(C(F)F)cc43)nn2C2CCC3(CC2)CN(CC2CN(c4ccc(C(=O)O)nn4)C2)C3)C1. The minimum atomic E-state index is -2.64. The summed E-state index contributed by atoms with van der Waals surface area (Å²) in [5, 5.41) is 26.6. The van der Waals surface area contributed by atoms with E-state index in [1.54, 1.807) is 43.2 Å². The van der Waals surface area contributed by atoms with Crippen LogP contribution in [0.25, 0.3) is 11.1 Å². The Kier molecular flexibility index (Phi) is 8.66. The van der Waals surface area contributed by atoms with Crippen molar-refractivity contribution in [2.75, 3.05) is 55.6 Å². The zero-order valence-corrected chi connectivity index (χ0v) is 30.8. The van der Waals surface area contributed by atoms with Crippen molar-refractivity contribution in [3.05, 3.63) is 64.7 Å². The summed E-state index contributed by atoms with van der Waals surface area (Å²) in [5.41, 5.74) is 5.54. The highest BCUT2D eigenvalue weighted by Gasteiger charge is 2.47. The monoisotopic (exact) mass is 740 g/mol. The van der Waals surface area contributed by atoms with Gasteiger partial charge in [0, 0.05) is 106 Å². The van der Waals surface area contributed by atoms with E-state index < -0.39 is 12.4 Å². The van der Waals surface area contributed by atoms with Gasteiger partial charge in [-0.15, -0.1) is 10.2 Å². The van der Waals surface area contributed by atoms with E-state index in [1.165, 1.54) is 11.8 Å². The molecule has 1 amide bonds. The number of hydrogen-bond donors (Lipinski definition) is 1. The molecule has 15 heteroatoms. The number of amides is 1. The summed E-state index contributed by atoms with van der Waals surface area (Å²) >= 11 is 0. The van der Waals surface area contributed by atoms with Gasteiger partial charge in [-0.05, 0) is 79.3 Å². The maximum absolute atomic E-state index is 14.7. The van der Waals surface area contributed by atoms with E-state index in [1.807, 2.05) is 11.0 Å². The highest BCUT2D eigenvalue weighted by Crippen LogP contribution is 2.49. The minimum absolute atomic E-state index is 0.00403. The second kappa shape index (κ2) is 13.4. The average molecular weight is 741 g/mol. The number of nitrogens with zero attached hydrogens (tertiary/aromatic N) is 10. The Hall–Kier alpha value is -4.92. The van der Waals surface area contributed by atoms with Crippen LogP contribution in [0.2, 0.25) is 0 Å². The standard InChI is InChI=1S/C39H46F2N10O3/c1-24(52)48-13-9-33-31(21-48)37(50-12-3-4-26-14-29(27-16-42-46(2)20-27)30(36(40)41)15-34(26)50)45-51(33)28-7-10-39(11-8-28)22-47(23-39)17-25-18-49(19-25)35-6-5-32(38(53)54)43-44-35/h5-6,14-16,20,25,28,36H,3-4,7-13,17-19,21-23H2,1-2H3,(H,53,54). The molecule has 7 heterocycles. The average Bonchev–Trinajstić information content (AvgIpc) is 3.75. The molecule has 1 N–H and O–H groups in total. The number of hydrogen-bond acceptors (Lipinski definition) is 9. The Morgan fingerprint density at radius 3 is 2.52 bits per heavy atom. The molecule has 0 unspecified atom stereocenters. The summed E-state index contributed by atoms with van der Waals surface area (Å²) in [5.74, 6) is 1.05. The van der Waals surface area contributed by atoms with E-state index in [4.69, 9.17) is 10.2 Å². The second-order valence-corrected chi connectivity index (χ2v) is 16.2. The number of likely N-dealkylation sites (tertiary alicyclic amines) is 1. The molecule has 2 saturated heterocycles. The number of halogens is 2. The van der Waals surface area contributed by atoms with Crippen molar-refractivity contribution in [3.8, 4) is 11.1 Å². The predicted molar refractivity (Wildman–Crippen MR) is 197 cm³/mol. The number of fused-ring (bicyclic) bond motifs is 2. The molecule has 9 rings (SSSR count). The van der Waals surface area contributed by atoms with Gasteiger partial charge in [-0.3, -0.25) is 14.2 Å². The van der Waals surface area contributed by atoms with Crippen molar-refractivity contribution in [2.24, 2.45) is 18.4 Å². The van der Waals surface area contributed by atoms with Crippen LogP contribution < -0.4 is 9.80 Å². The van der Waals surface area contributed by atoms with Crippen molar-refractivity contribution in [3.63, 3.8) is 0 Å². The summed E-state index contributed by atoms with van der Waals surface area (Å²) in [6.07, 6.45) is 7.55. The molecule has 284 valence electrons.